The van der Waals surface area contributed by atoms with Gasteiger partial charge in [0, 0.05) is 24.7 Å². The molecule has 0 saturated carbocycles. The van der Waals surface area contributed by atoms with E-state index in [1.165, 1.54) is 22.8 Å². The van der Waals surface area contributed by atoms with E-state index in [2.05, 4.69) is 5.32 Å². The lowest BCUT2D eigenvalue weighted by Crippen LogP contribution is -2.48. The van der Waals surface area contributed by atoms with E-state index in [0.29, 0.717) is 24.3 Å². The molecular formula is C16H20N4O6. The Kier molecular flexibility index (Phi) is 5.21. The lowest BCUT2D eigenvalue weighted by Gasteiger charge is -2.32. The Morgan fingerprint density at radius 3 is 3.04 bits per heavy atom. The van der Waals surface area contributed by atoms with E-state index < -0.39 is 16.8 Å². The van der Waals surface area contributed by atoms with Crippen LogP contribution < -0.4 is 11.1 Å². The molecule has 2 heterocycles. The first-order valence-corrected chi connectivity index (χ1v) is 8.41. The van der Waals surface area contributed by atoms with Crippen molar-refractivity contribution >= 4 is 22.9 Å². The van der Waals surface area contributed by atoms with Gasteiger partial charge in [0.25, 0.3) is 5.69 Å². The summed E-state index contributed by atoms with van der Waals surface area (Å²) in [5.74, 6) is -0.569. The van der Waals surface area contributed by atoms with Crippen LogP contribution >= 0.6 is 0 Å². The molecule has 2 aromatic rings. The number of nitrogens with zero attached hydrogens (tertiary/aromatic N) is 3. The van der Waals surface area contributed by atoms with Crippen LogP contribution in [0.15, 0.2) is 27.4 Å². The molecule has 0 bridgehead atoms. The standard InChI is InChI=1S/C16H20N4O6/c1-2-25-15(21)17-11-4-3-7-18(9-11)10-19-13-8-12(20(23)24)5-6-14(13)26-16(19)22/h5-6,8,11H,2-4,7,9-10H2,1H3,(H,17,21)/t11-/m1/s1. The van der Waals surface area contributed by atoms with Crippen molar-refractivity contribution in [3.63, 3.8) is 0 Å². The number of oxazole rings is 1. The topological polar surface area (TPSA) is 120 Å². The van der Waals surface area contributed by atoms with Crippen molar-refractivity contribution in [3.05, 3.63) is 38.9 Å². The summed E-state index contributed by atoms with van der Waals surface area (Å²) in [6.45, 7) is 3.57. The Morgan fingerprint density at radius 1 is 1.50 bits per heavy atom. The van der Waals surface area contributed by atoms with Crippen LogP contribution in [0.4, 0.5) is 10.5 Å². The van der Waals surface area contributed by atoms with Crippen molar-refractivity contribution in [1.82, 2.24) is 14.8 Å². The van der Waals surface area contributed by atoms with Gasteiger partial charge in [0.15, 0.2) is 5.58 Å². The molecule has 0 unspecified atom stereocenters. The average molecular weight is 364 g/mol. The molecule has 10 nitrogen and oxygen atoms in total. The van der Waals surface area contributed by atoms with Gasteiger partial charge < -0.3 is 14.5 Å². The maximum absolute atomic E-state index is 12.1. The van der Waals surface area contributed by atoms with Gasteiger partial charge in [-0.25, -0.2) is 9.59 Å². The highest BCUT2D eigenvalue weighted by atomic mass is 16.6. The van der Waals surface area contributed by atoms with Gasteiger partial charge in [0.2, 0.25) is 0 Å². The molecule has 3 rings (SSSR count). The zero-order chi connectivity index (χ0) is 18.7. The van der Waals surface area contributed by atoms with E-state index in [1.54, 1.807) is 6.92 Å². The number of amides is 1. The number of ether oxygens (including phenoxy) is 1. The lowest BCUT2D eigenvalue weighted by atomic mass is 10.1. The summed E-state index contributed by atoms with van der Waals surface area (Å²) < 4.78 is 11.4. The highest BCUT2D eigenvalue weighted by Gasteiger charge is 2.23. The number of alkyl carbamates (subject to hydrolysis) is 1. The van der Waals surface area contributed by atoms with E-state index in [0.717, 1.165) is 19.4 Å². The third-order valence-corrected chi connectivity index (χ3v) is 4.31. The molecule has 1 fully saturated rings. The number of aromatic nitrogens is 1. The number of carbonyl (C=O) groups excluding carboxylic acids is 1. The Hall–Kier alpha value is -2.88. The smallest absolute Gasteiger partial charge is 0.421 e. The number of nitro benzene ring substituents is 1. The lowest BCUT2D eigenvalue weighted by molar-refractivity contribution is -0.384. The number of hydrogen-bond acceptors (Lipinski definition) is 7. The molecule has 1 amide bonds. The molecule has 0 radical (unpaired) electrons. The first kappa shape index (κ1) is 17.9. The minimum absolute atomic E-state index is 0.0778. The summed E-state index contributed by atoms with van der Waals surface area (Å²) in [5.41, 5.74) is 0.580. The number of fused-ring (bicyclic) bond motifs is 1. The van der Waals surface area contributed by atoms with Gasteiger partial charge in [-0.2, -0.15) is 0 Å². The molecule has 1 aromatic carbocycles. The number of rotatable bonds is 5. The van der Waals surface area contributed by atoms with Crippen molar-refractivity contribution in [1.29, 1.82) is 0 Å². The van der Waals surface area contributed by atoms with E-state index in [-0.39, 0.29) is 18.4 Å². The summed E-state index contributed by atoms with van der Waals surface area (Å²) in [7, 11) is 0. The molecule has 1 saturated heterocycles. The number of piperidine rings is 1. The van der Waals surface area contributed by atoms with E-state index in [9.17, 15) is 19.7 Å². The molecule has 1 atom stereocenters. The molecule has 10 heteroatoms. The predicted octanol–water partition coefficient (Wildman–Crippen LogP) is 1.67. The highest BCUT2D eigenvalue weighted by Crippen LogP contribution is 2.21. The molecular weight excluding hydrogens is 344 g/mol. The zero-order valence-corrected chi connectivity index (χ0v) is 14.3. The molecule has 1 aromatic heterocycles. The van der Waals surface area contributed by atoms with Crippen molar-refractivity contribution in [3.8, 4) is 0 Å². The van der Waals surface area contributed by atoms with Crippen LogP contribution in [0.5, 0.6) is 0 Å². The van der Waals surface area contributed by atoms with E-state index in [1.807, 2.05) is 4.90 Å². The van der Waals surface area contributed by atoms with Crippen molar-refractivity contribution in [2.75, 3.05) is 19.7 Å². The van der Waals surface area contributed by atoms with Gasteiger partial charge in [-0.05, 0) is 32.4 Å². The fourth-order valence-electron chi connectivity index (χ4n) is 3.14. The quantitative estimate of drug-likeness (QED) is 0.633. The van der Waals surface area contributed by atoms with Gasteiger partial charge in [-0.15, -0.1) is 0 Å². The summed E-state index contributed by atoms with van der Waals surface area (Å²) in [6.07, 6.45) is 1.21. The summed E-state index contributed by atoms with van der Waals surface area (Å²) in [4.78, 5) is 36.2. The normalized spacial score (nSPS) is 18.0. The highest BCUT2D eigenvalue weighted by molar-refractivity contribution is 5.75. The van der Waals surface area contributed by atoms with Gasteiger partial charge >= 0.3 is 11.8 Å². The minimum Gasteiger partial charge on any atom is -0.450 e. The molecule has 1 aliphatic rings. The fraction of sp³-hybridized carbons (Fsp3) is 0.500. The van der Waals surface area contributed by atoms with Crippen molar-refractivity contribution in [2.24, 2.45) is 0 Å². The van der Waals surface area contributed by atoms with Crippen molar-refractivity contribution < 1.29 is 18.9 Å². The summed E-state index contributed by atoms with van der Waals surface area (Å²) >= 11 is 0. The van der Waals surface area contributed by atoms with Crippen LogP contribution in [0.1, 0.15) is 19.8 Å². The fourth-order valence-corrected chi connectivity index (χ4v) is 3.14. The zero-order valence-electron chi connectivity index (χ0n) is 14.3. The number of benzene rings is 1. The van der Waals surface area contributed by atoms with Crippen LogP contribution in [-0.2, 0) is 11.4 Å². The number of likely N-dealkylation sites (tertiary alicyclic amines) is 1. The SMILES string of the molecule is CCOC(=O)N[C@@H]1CCCN(Cn2c(=O)oc3ccc([N+](=O)[O-])cc32)C1. The predicted molar refractivity (Wildman–Crippen MR) is 91.9 cm³/mol. The third-order valence-electron chi connectivity index (χ3n) is 4.31. The van der Waals surface area contributed by atoms with E-state index >= 15 is 0 Å². The number of nitro groups is 1. The second kappa shape index (κ2) is 7.56. The molecule has 0 aliphatic carbocycles. The number of hydrogen-bond donors (Lipinski definition) is 1. The Morgan fingerprint density at radius 2 is 2.31 bits per heavy atom. The largest absolute Gasteiger partial charge is 0.450 e. The van der Waals surface area contributed by atoms with Gasteiger partial charge in [0.05, 0.1) is 23.7 Å². The number of non-ortho nitro benzene ring substituents is 1. The second-order valence-corrected chi connectivity index (χ2v) is 6.13. The molecule has 26 heavy (non-hydrogen) atoms. The van der Waals surface area contributed by atoms with Crippen LogP contribution in [0.25, 0.3) is 11.1 Å². The molecule has 1 aliphatic heterocycles. The summed E-state index contributed by atoms with van der Waals surface area (Å²) in [6, 6.07) is 3.98. The monoisotopic (exact) mass is 364 g/mol. The number of nitrogens with one attached hydrogen (secondary N) is 1. The Bertz CT molecular complexity index is 873. The third kappa shape index (κ3) is 3.85. The van der Waals surface area contributed by atoms with E-state index in [4.69, 9.17) is 9.15 Å². The van der Waals surface area contributed by atoms with Gasteiger partial charge in [-0.1, -0.05) is 0 Å². The number of carbonyl (C=O) groups is 1. The maximum atomic E-state index is 12.1. The Labute approximate surface area is 148 Å². The van der Waals surface area contributed by atoms with Gasteiger partial charge in [-0.3, -0.25) is 19.6 Å². The van der Waals surface area contributed by atoms with Crippen molar-refractivity contribution in [2.45, 2.75) is 32.5 Å². The first-order chi connectivity index (χ1) is 12.5. The van der Waals surface area contributed by atoms with Crippen LogP contribution in [0.3, 0.4) is 0 Å². The van der Waals surface area contributed by atoms with Crippen LogP contribution in [0, 0.1) is 10.1 Å². The van der Waals surface area contributed by atoms with Gasteiger partial charge in [0.1, 0.15) is 0 Å². The summed E-state index contributed by atoms with van der Waals surface area (Å²) in [5, 5.41) is 13.8. The van der Waals surface area contributed by atoms with Crippen LogP contribution in [-0.4, -0.2) is 46.2 Å². The van der Waals surface area contributed by atoms with Crippen LogP contribution in [0.2, 0.25) is 0 Å². The first-order valence-electron chi connectivity index (χ1n) is 8.41. The molecule has 0 spiro atoms. The minimum atomic E-state index is -0.569. The Balaban J connectivity index is 1.76. The second-order valence-electron chi connectivity index (χ2n) is 6.13. The average Bonchev–Trinajstić information content (AvgIpc) is 2.90. The molecule has 1 N–H and O–H groups in total. The molecule has 140 valence electrons. The maximum Gasteiger partial charge on any atom is 0.421 e.